The van der Waals surface area contributed by atoms with Crippen LogP contribution >= 0.6 is 0 Å². The number of hydrogen-bond donors (Lipinski definition) is 2. The number of imide groups is 2. The monoisotopic (exact) mass is 375 g/mol. The zero-order chi connectivity index (χ0) is 20.1. The number of nitrogens with one attached hydrogen (secondary N) is 2. The number of amides is 5. The highest BCUT2D eigenvalue weighted by atomic mass is 16.5. The SMILES string of the molecule is CC[C@H](C)[C@@H](C(=O)OCC(=O)NC(=O)NC)N1C(=O)c2ccccc2C1=O. The van der Waals surface area contributed by atoms with Crippen molar-refractivity contribution in [2.24, 2.45) is 5.92 Å². The number of carbonyl (C=O) groups is 5. The fourth-order valence-corrected chi connectivity index (χ4v) is 2.72. The smallest absolute Gasteiger partial charge is 0.330 e. The zero-order valence-electron chi connectivity index (χ0n) is 15.3. The van der Waals surface area contributed by atoms with E-state index in [0.29, 0.717) is 6.42 Å². The van der Waals surface area contributed by atoms with Gasteiger partial charge in [-0.05, 0) is 18.1 Å². The van der Waals surface area contributed by atoms with Gasteiger partial charge in [-0.15, -0.1) is 0 Å². The van der Waals surface area contributed by atoms with Crippen molar-refractivity contribution < 1.29 is 28.7 Å². The van der Waals surface area contributed by atoms with E-state index in [1.54, 1.807) is 26.0 Å². The molecule has 0 fully saturated rings. The molecule has 9 nitrogen and oxygen atoms in total. The molecule has 1 aromatic carbocycles. The van der Waals surface area contributed by atoms with Crippen LogP contribution in [0.25, 0.3) is 0 Å². The van der Waals surface area contributed by atoms with Gasteiger partial charge < -0.3 is 10.1 Å². The summed E-state index contributed by atoms with van der Waals surface area (Å²) in [6.07, 6.45) is 0.498. The number of esters is 1. The van der Waals surface area contributed by atoms with Gasteiger partial charge in [0.2, 0.25) is 0 Å². The van der Waals surface area contributed by atoms with Gasteiger partial charge in [-0.25, -0.2) is 9.59 Å². The van der Waals surface area contributed by atoms with Gasteiger partial charge in [0.15, 0.2) is 6.61 Å². The predicted octanol–water partition coefficient (Wildman–Crippen LogP) is 0.696. The fourth-order valence-electron chi connectivity index (χ4n) is 2.72. The highest BCUT2D eigenvalue weighted by molar-refractivity contribution is 6.22. The topological polar surface area (TPSA) is 122 Å². The van der Waals surface area contributed by atoms with Gasteiger partial charge in [0, 0.05) is 7.05 Å². The van der Waals surface area contributed by atoms with Crippen LogP contribution in [0.3, 0.4) is 0 Å². The van der Waals surface area contributed by atoms with Crippen LogP contribution in [0.5, 0.6) is 0 Å². The van der Waals surface area contributed by atoms with Gasteiger partial charge in [-0.2, -0.15) is 0 Å². The summed E-state index contributed by atoms with van der Waals surface area (Å²) in [6, 6.07) is 4.39. The normalized spacial score (nSPS) is 15.0. The van der Waals surface area contributed by atoms with Crippen LogP contribution in [0.4, 0.5) is 4.79 Å². The first-order chi connectivity index (χ1) is 12.8. The molecular formula is C18H21N3O6. The molecule has 2 rings (SSSR count). The molecule has 0 saturated carbocycles. The van der Waals surface area contributed by atoms with Gasteiger partial charge >= 0.3 is 12.0 Å². The predicted molar refractivity (Wildman–Crippen MR) is 93.7 cm³/mol. The summed E-state index contributed by atoms with van der Waals surface area (Å²) in [5.41, 5.74) is 0.446. The maximum absolute atomic E-state index is 12.7. The van der Waals surface area contributed by atoms with E-state index in [1.165, 1.54) is 19.2 Å². The van der Waals surface area contributed by atoms with Crippen LogP contribution in [-0.2, 0) is 14.3 Å². The molecule has 1 aliphatic rings. The minimum absolute atomic E-state index is 0.223. The molecule has 0 unspecified atom stereocenters. The second kappa shape index (κ2) is 8.43. The Morgan fingerprint density at radius 2 is 1.67 bits per heavy atom. The summed E-state index contributed by atoms with van der Waals surface area (Å²) in [6.45, 7) is 2.81. The number of benzene rings is 1. The lowest BCUT2D eigenvalue weighted by atomic mass is 9.97. The molecule has 27 heavy (non-hydrogen) atoms. The molecule has 1 aromatic rings. The first-order valence-electron chi connectivity index (χ1n) is 8.46. The van der Waals surface area contributed by atoms with Crippen molar-refractivity contribution >= 4 is 29.7 Å². The lowest BCUT2D eigenvalue weighted by Gasteiger charge is -2.28. The van der Waals surface area contributed by atoms with E-state index in [4.69, 9.17) is 4.74 Å². The summed E-state index contributed by atoms with van der Waals surface area (Å²) in [5, 5.41) is 4.15. The Balaban J connectivity index is 2.18. The number of urea groups is 1. The summed E-state index contributed by atoms with van der Waals surface area (Å²) in [4.78, 5) is 61.5. The molecule has 5 amide bonds. The second-order valence-electron chi connectivity index (χ2n) is 6.09. The van der Waals surface area contributed by atoms with E-state index in [-0.39, 0.29) is 17.0 Å². The quantitative estimate of drug-likeness (QED) is 0.557. The number of rotatable bonds is 6. The Bertz CT molecular complexity index is 756. The van der Waals surface area contributed by atoms with Crippen molar-refractivity contribution in [2.45, 2.75) is 26.3 Å². The van der Waals surface area contributed by atoms with Crippen molar-refractivity contribution in [2.75, 3.05) is 13.7 Å². The summed E-state index contributed by atoms with van der Waals surface area (Å²) < 4.78 is 4.97. The number of nitrogens with zero attached hydrogens (tertiary/aromatic N) is 1. The second-order valence-corrected chi connectivity index (χ2v) is 6.09. The van der Waals surface area contributed by atoms with E-state index in [2.05, 4.69) is 5.32 Å². The first-order valence-corrected chi connectivity index (χ1v) is 8.46. The zero-order valence-corrected chi connectivity index (χ0v) is 15.3. The number of ether oxygens (including phenoxy) is 1. The summed E-state index contributed by atoms with van der Waals surface area (Å²) in [5.74, 6) is -3.25. The molecule has 0 aromatic heterocycles. The fraction of sp³-hybridized carbons (Fsp3) is 0.389. The average molecular weight is 375 g/mol. The van der Waals surface area contributed by atoms with Crippen molar-refractivity contribution in [3.63, 3.8) is 0 Å². The molecule has 2 N–H and O–H groups in total. The average Bonchev–Trinajstić information content (AvgIpc) is 2.91. The maximum Gasteiger partial charge on any atom is 0.330 e. The van der Waals surface area contributed by atoms with Crippen LogP contribution in [0.15, 0.2) is 24.3 Å². The van der Waals surface area contributed by atoms with Crippen molar-refractivity contribution in [3.05, 3.63) is 35.4 Å². The molecule has 0 radical (unpaired) electrons. The van der Waals surface area contributed by atoms with Crippen LogP contribution in [0.1, 0.15) is 41.0 Å². The first kappa shape index (κ1) is 20.1. The molecule has 0 bridgehead atoms. The Hall–Kier alpha value is -3.23. The summed E-state index contributed by atoms with van der Waals surface area (Å²) >= 11 is 0. The minimum Gasteiger partial charge on any atom is -0.454 e. The molecule has 1 aliphatic heterocycles. The van der Waals surface area contributed by atoms with Crippen molar-refractivity contribution in [1.29, 1.82) is 0 Å². The minimum atomic E-state index is -1.17. The van der Waals surface area contributed by atoms with E-state index in [0.717, 1.165) is 4.90 Å². The van der Waals surface area contributed by atoms with Gasteiger partial charge in [0.1, 0.15) is 6.04 Å². The Morgan fingerprint density at radius 3 is 2.15 bits per heavy atom. The van der Waals surface area contributed by atoms with E-state index < -0.39 is 42.4 Å². The standard InChI is InChI=1S/C18H21N3O6/c1-4-10(2)14(17(25)27-9-13(22)20-18(26)19-3)21-15(23)11-7-5-6-8-12(11)16(21)24/h5-8,10,14H,4,9H2,1-3H3,(H2,19,20,22,26)/t10-,14-/m0/s1. The van der Waals surface area contributed by atoms with Crippen molar-refractivity contribution in [1.82, 2.24) is 15.5 Å². The molecule has 1 heterocycles. The molecule has 0 spiro atoms. The Labute approximate surface area is 156 Å². The maximum atomic E-state index is 12.7. The molecular weight excluding hydrogens is 354 g/mol. The molecule has 2 atom stereocenters. The van der Waals surface area contributed by atoms with E-state index in [9.17, 15) is 24.0 Å². The van der Waals surface area contributed by atoms with Gasteiger partial charge in [0.05, 0.1) is 11.1 Å². The lowest BCUT2D eigenvalue weighted by Crippen LogP contribution is -2.50. The highest BCUT2D eigenvalue weighted by Gasteiger charge is 2.45. The third-order valence-corrected chi connectivity index (χ3v) is 4.35. The third-order valence-electron chi connectivity index (χ3n) is 4.35. The number of carbonyl (C=O) groups excluding carboxylic acids is 5. The van der Waals surface area contributed by atoms with Gasteiger partial charge in [-0.3, -0.25) is 24.6 Å². The largest absolute Gasteiger partial charge is 0.454 e. The molecule has 9 heteroatoms. The van der Waals surface area contributed by atoms with E-state index >= 15 is 0 Å². The Kier molecular flexibility index (Phi) is 6.27. The summed E-state index contributed by atoms with van der Waals surface area (Å²) in [7, 11) is 1.33. The van der Waals surface area contributed by atoms with Crippen LogP contribution in [0.2, 0.25) is 0 Å². The highest BCUT2D eigenvalue weighted by Crippen LogP contribution is 2.28. The van der Waals surface area contributed by atoms with Crippen molar-refractivity contribution in [3.8, 4) is 0 Å². The number of fused-ring (bicyclic) bond motifs is 1. The van der Waals surface area contributed by atoms with Crippen LogP contribution in [0, 0.1) is 5.92 Å². The molecule has 0 aliphatic carbocycles. The molecule has 0 saturated heterocycles. The number of hydrogen-bond acceptors (Lipinski definition) is 6. The van der Waals surface area contributed by atoms with E-state index in [1.807, 2.05) is 5.32 Å². The van der Waals surface area contributed by atoms with Gasteiger partial charge in [-0.1, -0.05) is 32.4 Å². The lowest BCUT2D eigenvalue weighted by molar-refractivity contribution is -0.153. The Morgan fingerprint density at radius 1 is 1.11 bits per heavy atom. The van der Waals surface area contributed by atoms with Crippen LogP contribution in [-0.4, -0.2) is 54.3 Å². The third kappa shape index (κ3) is 4.13. The van der Waals surface area contributed by atoms with Crippen LogP contribution < -0.4 is 10.6 Å². The molecule has 144 valence electrons. The van der Waals surface area contributed by atoms with Gasteiger partial charge in [0.25, 0.3) is 17.7 Å².